The summed E-state index contributed by atoms with van der Waals surface area (Å²) in [6.07, 6.45) is -1.94. The van der Waals surface area contributed by atoms with Crippen LogP contribution in [0.2, 0.25) is 5.02 Å². The molecule has 0 amide bonds. The number of carbonyl (C=O) groups is 1. The van der Waals surface area contributed by atoms with Gasteiger partial charge in [-0.15, -0.1) is 0 Å². The fourth-order valence-corrected chi connectivity index (χ4v) is 2.88. The van der Waals surface area contributed by atoms with Gasteiger partial charge in [-0.25, -0.2) is 17.9 Å². The highest BCUT2D eigenvalue weighted by Crippen LogP contribution is 2.22. The summed E-state index contributed by atoms with van der Waals surface area (Å²) >= 11 is 5.76. The molecular formula is C11H11ClN2O5S. The fraction of sp³-hybridized carbons (Fsp3) is 0.273. The molecule has 7 nitrogen and oxygen atoms in total. The maximum absolute atomic E-state index is 11.9. The highest BCUT2D eigenvalue weighted by Gasteiger charge is 2.20. The Labute approximate surface area is 120 Å². The van der Waals surface area contributed by atoms with Gasteiger partial charge in [-0.2, -0.15) is 5.26 Å². The van der Waals surface area contributed by atoms with Crippen molar-refractivity contribution >= 4 is 27.6 Å². The number of halogens is 1. The lowest BCUT2D eigenvalue weighted by molar-refractivity contribution is -0.146. The molecule has 0 fully saturated rings. The number of nitrogens with zero attached hydrogens (tertiary/aromatic N) is 1. The monoisotopic (exact) mass is 318 g/mol. The van der Waals surface area contributed by atoms with Crippen molar-refractivity contribution in [3.63, 3.8) is 0 Å². The van der Waals surface area contributed by atoms with E-state index in [1.807, 2.05) is 0 Å². The molecule has 0 saturated heterocycles. The molecule has 0 radical (unpaired) electrons. The molecular weight excluding hydrogens is 308 g/mol. The van der Waals surface area contributed by atoms with Crippen molar-refractivity contribution in [3.8, 4) is 6.07 Å². The third-order valence-electron chi connectivity index (χ3n) is 2.34. The van der Waals surface area contributed by atoms with Gasteiger partial charge in [0.05, 0.1) is 16.7 Å². The molecule has 0 bridgehead atoms. The van der Waals surface area contributed by atoms with Crippen LogP contribution >= 0.6 is 11.6 Å². The minimum atomic E-state index is -3.98. The van der Waals surface area contributed by atoms with Crippen LogP contribution in [0.15, 0.2) is 23.1 Å². The largest absolute Gasteiger partial charge is 0.479 e. The number of sulfonamides is 1. The van der Waals surface area contributed by atoms with E-state index in [-0.39, 0.29) is 28.4 Å². The predicted molar refractivity (Wildman–Crippen MR) is 69.6 cm³/mol. The molecule has 0 aromatic heterocycles. The number of benzene rings is 1. The molecule has 0 saturated carbocycles. The maximum atomic E-state index is 11.9. The average molecular weight is 319 g/mol. The molecule has 1 aromatic carbocycles. The van der Waals surface area contributed by atoms with E-state index in [0.29, 0.717) is 0 Å². The van der Waals surface area contributed by atoms with Crippen LogP contribution in [0.3, 0.4) is 0 Å². The lowest BCUT2D eigenvalue weighted by atomic mass is 10.2. The van der Waals surface area contributed by atoms with E-state index in [4.69, 9.17) is 27.1 Å². The predicted octanol–water partition coefficient (Wildman–Crippen LogP) is 0.326. The Morgan fingerprint density at radius 2 is 2.15 bits per heavy atom. The van der Waals surface area contributed by atoms with Gasteiger partial charge in [-0.1, -0.05) is 11.6 Å². The Balaban J connectivity index is 2.85. The van der Waals surface area contributed by atoms with Gasteiger partial charge in [0.2, 0.25) is 10.0 Å². The van der Waals surface area contributed by atoms with E-state index in [2.05, 4.69) is 4.72 Å². The molecule has 0 heterocycles. The number of rotatable bonds is 6. The summed E-state index contributed by atoms with van der Waals surface area (Å²) in [6.45, 7) is -0.275. The first-order chi connectivity index (χ1) is 9.27. The van der Waals surface area contributed by atoms with Crippen LogP contribution in [0, 0.1) is 11.3 Å². The highest BCUT2D eigenvalue weighted by atomic mass is 35.5. The van der Waals surface area contributed by atoms with Crippen LogP contribution in [0.4, 0.5) is 0 Å². The third kappa shape index (κ3) is 4.18. The van der Waals surface area contributed by atoms with E-state index < -0.39 is 22.1 Å². The summed E-state index contributed by atoms with van der Waals surface area (Å²) in [5.74, 6) is -1.44. The minimum absolute atomic E-state index is 0.0599. The number of hydrogen-bond donors (Lipinski definition) is 3. The van der Waals surface area contributed by atoms with E-state index in [1.165, 1.54) is 12.1 Å². The van der Waals surface area contributed by atoms with Gasteiger partial charge in [-0.3, -0.25) is 0 Å². The normalized spacial score (nSPS) is 12.7. The first-order valence-corrected chi connectivity index (χ1v) is 7.24. The molecule has 1 aromatic rings. The number of carboxylic acids is 1. The summed E-state index contributed by atoms with van der Waals surface area (Å²) in [7, 11) is -3.98. The van der Waals surface area contributed by atoms with Gasteiger partial charge >= 0.3 is 5.97 Å². The Kier molecular flexibility index (Phi) is 5.47. The average Bonchev–Trinajstić information content (AvgIpc) is 2.38. The fourth-order valence-electron chi connectivity index (χ4n) is 1.31. The van der Waals surface area contributed by atoms with Gasteiger partial charge in [0.15, 0.2) is 6.10 Å². The second-order valence-electron chi connectivity index (χ2n) is 3.80. The number of nitriles is 1. The summed E-state index contributed by atoms with van der Waals surface area (Å²) in [4.78, 5) is 10.1. The zero-order valence-electron chi connectivity index (χ0n) is 10.1. The molecule has 3 N–H and O–H groups in total. The van der Waals surface area contributed by atoms with Crippen LogP contribution in [0.25, 0.3) is 0 Å². The summed E-state index contributed by atoms with van der Waals surface area (Å²) in [6, 6.07) is 5.55. The first kappa shape index (κ1) is 16.4. The molecule has 1 unspecified atom stereocenters. The van der Waals surface area contributed by atoms with Crippen molar-refractivity contribution in [1.29, 1.82) is 5.26 Å². The zero-order valence-corrected chi connectivity index (χ0v) is 11.6. The SMILES string of the molecule is N#Cc1ccc(Cl)c(S(=O)(=O)NCCC(O)C(=O)O)c1. The van der Waals surface area contributed by atoms with Crippen LogP contribution < -0.4 is 4.72 Å². The van der Waals surface area contributed by atoms with E-state index in [0.717, 1.165) is 6.07 Å². The van der Waals surface area contributed by atoms with E-state index in [9.17, 15) is 13.2 Å². The zero-order chi connectivity index (χ0) is 15.3. The number of hydrogen-bond acceptors (Lipinski definition) is 5. The molecule has 1 atom stereocenters. The summed E-state index contributed by atoms with van der Waals surface area (Å²) in [5.41, 5.74) is 0.125. The number of aliphatic hydroxyl groups is 1. The van der Waals surface area contributed by atoms with E-state index >= 15 is 0 Å². The molecule has 0 spiro atoms. The van der Waals surface area contributed by atoms with Gasteiger partial charge in [0.1, 0.15) is 4.90 Å². The van der Waals surface area contributed by atoms with Crippen LogP contribution in [0.5, 0.6) is 0 Å². The standard InChI is InChI=1S/C11H11ClN2O5S/c12-8-2-1-7(6-13)5-10(8)20(18,19)14-4-3-9(15)11(16)17/h1-2,5,9,14-15H,3-4H2,(H,16,17). The first-order valence-electron chi connectivity index (χ1n) is 5.38. The minimum Gasteiger partial charge on any atom is -0.479 e. The molecule has 1 rings (SSSR count). The van der Waals surface area contributed by atoms with Crippen LogP contribution in [-0.4, -0.2) is 37.2 Å². The van der Waals surface area contributed by atoms with Gasteiger partial charge < -0.3 is 10.2 Å². The third-order valence-corrected chi connectivity index (χ3v) is 4.29. The second-order valence-corrected chi connectivity index (χ2v) is 5.94. The number of aliphatic carboxylic acids is 1. The van der Waals surface area contributed by atoms with E-state index in [1.54, 1.807) is 6.07 Å². The molecule has 0 aliphatic heterocycles. The molecule has 9 heteroatoms. The van der Waals surface area contributed by atoms with Gasteiger partial charge in [-0.05, 0) is 24.6 Å². The lowest BCUT2D eigenvalue weighted by Crippen LogP contribution is -2.30. The Hall–Kier alpha value is -1.66. The van der Waals surface area contributed by atoms with Crippen molar-refractivity contribution in [3.05, 3.63) is 28.8 Å². The quantitative estimate of drug-likeness (QED) is 0.693. The van der Waals surface area contributed by atoms with Gasteiger partial charge in [0.25, 0.3) is 0 Å². The van der Waals surface area contributed by atoms with Crippen molar-refractivity contribution in [1.82, 2.24) is 4.72 Å². The van der Waals surface area contributed by atoms with Crippen LogP contribution in [0.1, 0.15) is 12.0 Å². The number of nitrogens with one attached hydrogen (secondary N) is 1. The molecule has 108 valence electrons. The topological polar surface area (TPSA) is 127 Å². The summed E-state index contributed by atoms with van der Waals surface area (Å²) in [5, 5.41) is 26.1. The Morgan fingerprint density at radius 1 is 1.50 bits per heavy atom. The molecule has 0 aliphatic rings. The number of carboxylic acid groups (broad SMARTS) is 1. The van der Waals surface area contributed by atoms with Crippen molar-refractivity contribution in [2.75, 3.05) is 6.54 Å². The highest BCUT2D eigenvalue weighted by molar-refractivity contribution is 7.89. The Bertz CT molecular complexity index is 653. The lowest BCUT2D eigenvalue weighted by Gasteiger charge is -2.09. The smallest absolute Gasteiger partial charge is 0.332 e. The van der Waals surface area contributed by atoms with Crippen molar-refractivity contribution < 1.29 is 23.4 Å². The maximum Gasteiger partial charge on any atom is 0.332 e. The number of aliphatic hydroxyl groups excluding tert-OH is 1. The van der Waals surface area contributed by atoms with Gasteiger partial charge in [0, 0.05) is 6.54 Å². The van der Waals surface area contributed by atoms with Crippen molar-refractivity contribution in [2.45, 2.75) is 17.4 Å². The summed E-state index contributed by atoms with van der Waals surface area (Å²) < 4.78 is 26.0. The Morgan fingerprint density at radius 3 is 2.70 bits per heavy atom. The molecule has 20 heavy (non-hydrogen) atoms. The second kappa shape index (κ2) is 6.67. The molecule has 0 aliphatic carbocycles. The van der Waals surface area contributed by atoms with Crippen LogP contribution in [-0.2, 0) is 14.8 Å². The van der Waals surface area contributed by atoms with Crippen molar-refractivity contribution in [2.24, 2.45) is 0 Å².